The van der Waals surface area contributed by atoms with Crippen LogP contribution in [0.2, 0.25) is 0 Å². The first-order valence-corrected chi connectivity index (χ1v) is 7.02. The van der Waals surface area contributed by atoms with Gasteiger partial charge in [0.25, 0.3) is 4.38 Å². The van der Waals surface area contributed by atoms with Crippen molar-refractivity contribution in [3.63, 3.8) is 0 Å². The summed E-state index contributed by atoms with van der Waals surface area (Å²) in [4.78, 5) is 0. The van der Waals surface area contributed by atoms with Crippen LogP contribution in [-0.4, -0.2) is 27.0 Å². The van der Waals surface area contributed by atoms with Crippen LogP contribution in [0.3, 0.4) is 0 Å². The standard InChI is InChI=1S/C11H12NS2.HI/c1-13-11-12-9(7-14-11)6-8-4-2-3-5-10(8)12;/h2-5,9H,6-7H2,1H3;1H/q+1;/p-1. The summed E-state index contributed by atoms with van der Waals surface area (Å²) in [6.07, 6.45) is 3.40. The Balaban J connectivity index is 0.000000853. The third-order valence-electron chi connectivity index (χ3n) is 2.84. The molecule has 0 spiro atoms. The molecule has 0 aliphatic carbocycles. The van der Waals surface area contributed by atoms with E-state index in [0.717, 1.165) is 6.04 Å². The number of rotatable bonds is 0. The predicted molar refractivity (Wildman–Crippen MR) is 64.8 cm³/mol. The van der Waals surface area contributed by atoms with Gasteiger partial charge in [-0.15, -0.1) is 0 Å². The molecular weight excluding hydrogens is 337 g/mol. The van der Waals surface area contributed by atoms with Gasteiger partial charge in [-0.3, -0.25) is 0 Å². The molecule has 2 aliphatic rings. The molecule has 1 aromatic carbocycles. The molecule has 80 valence electrons. The van der Waals surface area contributed by atoms with Gasteiger partial charge in [0.2, 0.25) is 5.69 Å². The molecule has 0 fully saturated rings. The van der Waals surface area contributed by atoms with E-state index in [2.05, 4.69) is 35.1 Å². The quantitative estimate of drug-likeness (QED) is 0.468. The summed E-state index contributed by atoms with van der Waals surface area (Å²) in [6.45, 7) is 0. The van der Waals surface area contributed by atoms with Crippen molar-refractivity contribution in [1.29, 1.82) is 0 Å². The van der Waals surface area contributed by atoms with Crippen LogP contribution in [0.4, 0.5) is 5.69 Å². The van der Waals surface area contributed by atoms with E-state index in [9.17, 15) is 0 Å². The minimum atomic E-state index is 0. The summed E-state index contributed by atoms with van der Waals surface area (Å²) in [5, 5.41) is 0. The molecule has 0 bridgehead atoms. The van der Waals surface area contributed by atoms with Gasteiger partial charge in [0, 0.05) is 18.1 Å². The summed E-state index contributed by atoms with van der Waals surface area (Å²) < 4.78 is 3.99. The number of para-hydroxylation sites is 1. The highest BCUT2D eigenvalue weighted by Crippen LogP contribution is 2.39. The third kappa shape index (κ3) is 1.85. The van der Waals surface area contributed by atoms with Gasteiger partial charge in [-0.25, -0.2) is 0 Å². The Labute approximate surface area is 116 Å². The van der Waals surface area contributed by atoms with Gasteiger partial charge < -0.3 is 24.0 Å². The topological polar surface area (TPSA) is 3.01 Å². The van der Waals surface area contributed by atoms with Gasteiger partial charge in [-0.1, -0.05) is 30.0 Å². The second-order valence-electron chi connectivity index (χ2n) is 3.64. The van der Waals surface area contributed by atoms with Crippen LogP contribution in [0.5, 0.6) is 0 Å². The summed E-state index contributed by atoms with van der Waals surface area (Å²) in [5.41, 5.74) is 2.95. The molecule has 1 aromatic rings. The fraction of sp³-hybridized carbons (Fsp3) is 0.364. The molecule has 0 amide bonds. The Morgan fingerprint density at radius 2 is 2.20 bits per heavy atom. The van der Waals surface area contributed by atoms with E-state index < -0.39 is 0 Å². The van der Waals surface area contributed by atoms with Crippen molar-refractivity contribution in [2.45, 2.75) is 12.5 Å². The number of fused-ring (bicyclic) bond motifs is 3. The number of thioether (sulfide) groups is 2. The van der Waals surface area contributed by atoms with Gasteiger partial charge >= 0.3 is 0 Å². The average Bonchev–Trinajstić information content (AvgIpc) is 2.75. The summed E-state index contributed by atoms with van der Waals surface area (Å²) in [7, 11) is 0. The van der Waals surface area contributed by atoms with Crippen LogP contribution < -0.4 is 24.0 Å². The molecule has 1 atom stereocenters. The molecule has 3 rings (SSSR count). The molecule has 0 N–H and O–H groups in total. The van der Waals surface area contributed by atoms with E-state index in [0.29, 0.717) is 0 Å². The average molecular weight is 349 g/mol. The van der Waals surface area contributed by atoms with Crippen molar-refractivity contribution in [3.8, 4) is 0 Å². The predicted octanol–water partition coefficient (Wildman–Crippen LogP) is -0.275. The lowest BCUT2D eigenvalue weighted by atomic mass is 10.1. The van der Waals surface area contributed by atoms with Crippen LogP contribution in [-0.2, 0) is 6.42 Å². The maximum atomic E-state index is 2.52. The zero-order chi connectivity index (χ0) is 9.54. The Morgan fingerprint density at radius 1 is 1.40 bits per heavy atom. The van der Waals surface area contributed by atoms with Crippen molar-refractivity contribution >= 4 is 33.6 Å². The van der Waals surface area contributed by atoms with Crippen LogP contribution in [0, 0.1) is 0 Å². The van der Waals surface area contributed by atoms with E-state index in [1.54, 1.807) is 0 Å². The highest BCUT2D eigenvalue weighted by molar-refractivity contribution is 8.38. The molecule has 15 heavy (non-hydrogen) atoms. The van der Waals surface area contributed by atoms with Crippen molar-refractivity contribution in [2.75, 3.05) is 12.0 Å². The first kappa shape index (κ1) is 11.8. The SMILES string of the molecule is CSC1=[N+]2c3ccccc3CC2CS1.[I-]. The fourth-order valence-corrected chi connectivity index (χ4v) is 4.34. The van der Waals surface area contributed by atoms with Gasteiger partial charge in [0.1, 0.15) is 0 Å². The van der Waals surface area contributed by atoms with Gasteiger partial charge in [-0.2, -0.15) is 4.58 Å². The third-order valence-corrected chi connectivity index (χ3v) is 5.24. The monoisotopic (exact) mass is 349 g/mol. The number of halogens is 1. The molecule has 2 aliphatic heterocycles. The summed E-state index contributed by atoms with van der Waals surface area (Å²) in [5.74, 6) is 1.25. The molecule has 0 saturated carbocycles. The lowest BCUT2D eigenvalue weighted by molar-refractivity contribution is -0.458. The van der Waals surface area contributed by atoms with Crippen molar-refractivity contribution in [2.24, 2.45) is 0 Å². The van der Waals surface area contributed by atoms with Gasteiger partial charge in [-0.05, 0) is 18.0 Å². The second kappa shape index (κ2) is 4.67. The lowest BCUT2D eigenvalue weighted by Crippen LogP contribution is -3.00. The zero-order valence-electron chi connectivity index (χ0n) is 8.44. The minimum absolute atomic E-state index is 0. The molecule has 1 nitrogen and oxygen atoms in total. The smallest absolute Gasteiger partial charge is 0.276 e. The second-order valence-corrected chi connectivity index (χ2v) is 5.70. The molecule has 0 aromatic heterocycles. The van der Waals surface area contributed by atoms with E-state index >= 15 is 0 Å². The zero-order valence-corrected chi connectivity index (χ0v) is 12.2. The number of benzene rings is 1. The van der Waals surface area contributed by atoms with Crippen LogP contribution in [0.1, 0.15) is 5.56 Å². The molecule has 2 heterocycles. The lowest BCUT2D eigenvalue weighted by Gasteiger charge is -1.97. The number of hydrogen-bond donors (Lipinski definition) is 0. The molecule has 1 unspecified atom stereocenters. The minimum Gasteiger partial charge on any atom is -1.00 e. The molecule has 4 heteroatoms. The summed E-state index contributed by atoms with van der Waals surface area (Å²) in [6, 6.07) is 9.52. The Hall–Kier alpha value is 0.320. The van der Waals surface area contributed by atoms with E-state index in [-0.39, 0.29) is 24.0 Å². The van der Waals surface area contributed by atoms with Gasteiger partial charge in [0.15, 0.2) is 6.04 Å². The first-order valence-electron chi connectivity index (χ1n) is 4.81. The fourth-order valence-electron chi connectivity index (χ4n) is 2.24. The normalized spacial score (nSPS) is 22.3. The van der Waals surface area contributed by atoms with Crippen molar-refractivity contribution in [1.82, 2.24) is 0 Å². The number of nitrogens with zero attached hydrogens (tertiary/aromatic N) is 1. The highest BCUT2D eigenvalue weighted by Gasteiger charge is 2.41. The highest BCUT2D eigenvalue weighted by atomic mass is 127. The number of hydrogen-bond acceptors (Lipinski definition) is 2. The van der Waals surface area contributed by atoms with Crippen LogP contribution in [0.25, 0.3) is 0 Å². The van der Waals surface area contributed by atoms with Crippen LogP contribution in [0.15, 0.2) is 24.3 Å². The summed E-state index contributed by atoms with van der Waals surface area (Å²) >= 11 is 3.88. The largest absolute Gasteiger partial charge is 1.00 e. The maximum Gasteiger partial charge on any atom is 0.276 e. The molecule has 0 saturated heterocycles. The Morgan fingerprint density at radius 3 is 3.00 bits per heavy atom. The van der Waals surface area contributed by atoms with Crippen molar-refractivity contribution in [3.05, 3.63) is 29.8 Å². The van der Waals surface area contributed by atoms with Gasteiger partial charge in [0.05, 0.1) is 5.75 Å². The maximum absolute atomic E-state index is 2.52. The molecular formula is C11H12INS2. The van der Waals surface area contributed by atoms with Crippen LogP contribution >= 0.6 is 23.5 Å². The Kier molecular flexibility index (Phi) is 3.67. The Bertz CT molecular complexity index is 417. The van der Waals surface area contributed by atoms with E-state index in [1.807, 2.05) is 23.5 Å². The van der Waals surface area contributed by atoms with E-state index in [4.69, 9.17) is 0 Å². The van der Waals surface area contributed by atoms with Crippen molar-refractivity contribution < 1.29 is 28.6 Å². The first-order chi connectivity index (χ1) is 6.90. The molecule has 0 radical (unpaired) electrons. The van der Waals surface area contributed by atoms with E-state index in [1.165, 1.54) is 27.8 Å².